The Labute approximate surface area is 128 Å². The molecular weight excluding hydrogens is 293 g/mol. The molecule has 21 heavy (non-hydrogen) atoms. The number of nitriles is 1. The van der Waals surface area contributed by atoms with Crippen LogP contribution in [0.1, 0.15) is 37.7 Å². The van der Waals surface area contributed by atoms with Gasteiger partial charge in [-0.05, 0) is 25.7 Å². The highest BCUT2D eigenvalue weighted by Crippen LogP contribution is 2.29. The Morgan fingerprint density at radius 3 is 2.62 bits per heavy atom. The molecule has 0 N–H and O–H groups in total. The fourth-order valence-corrected chi connectivity index (χ4v) is 3.05. The lowest BCUT2D eigenvalue weighted by Gasteiger charge is -2.41. The van der Waals surface area contributed by atoms with Gasteiger partial charge in [0.15, 0.2) is 11.0 Å². The van der Waals surface area contributed by atoms with Crippen molar-refractivity contribution in [1.82, 2.24) is 9.88 Å². The van der Waals surface area contributed by atoms with Crippen LogP contribution in [0.4, 0.5) is 4.39 Å². The van der Waals surface area contributed by atoms with Gasteiger partial charge in [0, 0.05) is 25.2 Å². The summed E-state index contributed by atoms with van der Waals surface area (Å²) in [6.45, 7) is 1.97. The van der Waals surface area contributed by atoms with E-state index >= 15 is 0 Å². The van der Waals surface area contributed by atoms with E-state index in [-0.39, 0.29) is 22.7 Å². The standard InChI is InChI=1S/C15H17ClFN3O/c16-14-10(9-18)8-13(17)15(19-14)21-12-4-6-20(7-5-12)11-2-1-3-11/h8,11-12H,1-7H2. The van der Waals surface area contributed by atoms with Crippen LogP contribution < -0.4 is 4.74 Å². The van der Waals surface area contributed by atoms with Gasteiger partial charge >= 0.3 is 0 Å². The average Bonchev–Trinajstić information content (AvgIpc) is 2.42. The maximum absolute atomic E-state index is 13.8. The molecule has 6 heteroatoms. The molecular formula is C15H17ClFN3O. The Bertz CT molecular complexity index is 563. The number of likely N-dealkylation sites (tertiary alicyclic amines) is 1. The smallest absolute Gasteiger partial charge is 0.252 e. The Morgan fingerprint density at radius 1 is 1.33 bits per heavy atom. The van der Waals surface area contributed by atoms with Crippen LogP contribution in [-0.2, 0) is 0 Å². The first-order chi connectivity index (χ1) is 10.2. The Morgan fingerprint density at radius 2 is 2.05 bits per heavy atom. The van der Waals surface area contributed by atoms with Crippen LogP contribution in [0, 0.1) is 17.1 Å². The van der Waals surface area contributed by atoms with Gasteiger partial charge in [0.05, 0.1) is 5.56 Å². The van der Waals surface area contributed by atoms with Crippen molar-refractivity contribution < 1.29 is 9.13 Å². The summed E-state index contributed by atoms with van der Waals surface area (Å²) in [6, 6.07) is 3.62. The van der Waals surface area contributed by atoms with Gasteiger partial charge in [0.1, 0.15) is 12.2 Å². The van der Waals surface area contributed by atoms with Crippen LogP contribution in [0.5, 0.6) is 5.88 Å². The predicted octanol–water partition coefficient (Wildman–Crippen LogP) is 3.14. The molecule has 0 unspecified atom stereocenters. The molecule has 112 valence electrons. The van der Waals surface area contributed by atoms with E-state index < -0.39 is 5.82 Å². The van der Waals surface area contributed by atoms with Crippen molar-refractivity contribution in [3.05, 3.63) is 22.6 Å². The molecule has 2 aliphatic rings. The minimum Gasteiger partial charge on any atom is -0.472 e. The van der Waals surface area contributed by atoms with Gasteiger partial charge in [0.25, 0.3) is 5.88 Å². The van der Waals surface area contributed by atoms with Gasteiger partial charge in [-0.15, -0.1) is 0 Å². The van der Waals surface area contributed by atoms with E-state index in [0.717, 1.165) is 38.0 Å². The van der Waals surface area contributed by atoms with Gasteiger partial charge in [0.2, 0.25) is 0 Å². The van der Waals surface area contributed by atoms with Crippen LogP contribution in [0.2, 0.25) is 5.15 Å². The summed E-state index contributed by atoms with van der Waals surface area (Å²) in [4.78, 5) is 6.35. The summed E-state index contributed by atoms with van der Waals surface area (Å²) in [7, 11) is 0. The fourth-order valence-electron chi connectivity index (χ4n) is 2.88. The van der Waals surface area contributed by atoms with Crippen molar-refractivity contribution in [2.45, 2.75) is 44.2 Å². The van der Waals surface area contributed by atoms with Crippen molar-refractivity contribution in [3.63, 3.8) is 0 Å². The Kier molecular flexibility index (Phi) is 4.27. The third-order valence-corrected chi connectivity index (χ3v) is 4.65. The molecule has 1 aliphatic carbocycles. The summed E-state index contributed by atoms with van der Waals surface area (Å²) in [5.74, 6) is -0.724. The quantitative estimate of drug-likeness (QED) is 0.805. The van der Waals surface area contributed by atoms with Crippen LogP contribution in [-0.4, -0.2) is 35.1 Å². The first-order valence-electron chi connectivity index (χ1n) is 7.34. The summed E-state index contributed by atoms with van der Waals surface area (Å²) in [5.41, 5.74) is 0.0290. The number of hydrogen-bond donors (Lipinski definition) is 0. The molecule has 0 amide bonds. The van der Waals surface area contributed by atoms with Gasteiger partial charge < -0.3 is 9.64 Å². The number of piperidine rings is 1. The normalized spacial score (nSPS) is 20.8. The molecule has 4 nitrogen and oxygen atoms in total. The summed E-state index contributed by atoms with van der Waals surface area (Å²) in [6.07, 6.45) is 5.64. The van der Waals surface area contributed by atoms with Crippen molar-refractivity contribution in [3.8, 4) is 11.9 Å². The zero-order valence-corrected chi connectivity index (χ0v) is 12.4. The number of ether oxygens (including phenoxy) is 1. The van der Waals surface area contributed by atoms with Crippen LogP contribution >= 0.6 is 11.6 Å². The molecule has 2 heterocycles. The molecule has 1 aromatic rings. The lowest BCUT2D eigenvalue weighted by Crippen LogP contribution is -2.46. The zero-order chi connectivity index (χ0) is 14.8. The fraction of sp³-hybridized carbons (Fsp3) is 0.600. The van der Waals surface area contributed by atoms with Gasteiger partial charge in [-0.25, -0.2) is 4.39 Å². The molecule has 0 atom stereocenters. The Balaban J connectivity index is 1.60. The number of nitrogens with zero attached hydrogens (tertiary/aromatic N) is 3. The maximum Gasteiger partial charge on any atom is 0.252 e. The summed E-state index contributed by atoms with van der Waals surface area (Å²) < 4.78 is 19.5. The molecule has 0 radical (unpaired) electrons. The predicted molar refractivity (Wildman–Crippen MR) is 76.8 cm³/mol. The highest BCUT2D eigenvalue weighted by molar-refractivity contribution is 6.30. The van der Waals surface area contributed by atoms with E-state index in [1.165, 1.54) is 19.3 Å². The van der Waals surface area contributed by atoms with Gasteiger partial charge in [-0.1, -0.05) is 18.0 Å². The maximum atomic E-state index is 13.8. The van der Waals surface area contributed by atoms with Gasteiger partial charge in [-0.2, -0.15) is 10.2 Å². The van der Waals surface area contributed by atoms with E-state index in [1.54, 1.807) is 6.07 Å². The van der Waals surface area contributed by atoms with E-state index in [2.05, 4.69) is 9.88 Å². The second kappa shape index (κ2) is 6.17. The van der Waals surface area contributed by atoms with Gasteiger partial charge in [-0.3, -0.25) is 0 Å². The molecule has 1 aliphatic heterocycles. The van der Waals surface area contributed by atoms with Crippen molar-refractivity contribution >= 4 is 11.6 Å². The minimum absolute atomic E-state index is 0.0131. The zero-order valence-electron chi connectivity index (χ0n) is 11.7. The van der Waals surface area contributed by atoms with Crippen LogP contribution in [0.25, 0.3) is 0 Å². The second-order valence-electron chi connectivity index (χ2n) is 5.66. The number of hydrogen-bond acceptors (Lipinski definition) is 4. The third-order valence-electron chi connectivity index (χ3n) is 4.36. The number of halogens is 2. The van der Waals surface area contributed by atoms with E-state index in [1.807, 2.05) is 0 Å². The molecule has 1 saturated carbocycles. The topological polar surface area (TPSA) is 49.1 Å². The van der Waals surface area contributed by atoms with Crippen molar-refractivity contribution in [2.75, 3.05) is 13.1 Å². The Hall–Kier alpha value is -1.38. The van der Waals surface area contributed by atoms with Crippen molar-refractivity contribution in [1.29, 1.82) is 5.26 Å². The molecule has 0 bridgehead atoms. The molecule has 0 aromatic carbocycles. The van der Waals surface area contributed by atoms with E-state index in [4.69, 9.17) is 21.6 Å². The molecule has 1 aromatic heterocycles. The van der Waals surface area contributed by atoms with E-state index in [0.29, 0.717) is 0 Å². The lowest BCUT2D eigenvalue weighted by atomic mass is 9.90. The third kappa shape index (κ3) is 3.12. The second-order valence-corrected chi connectivity index (χ2v) is 6.02. The number of aromatic nitrogens is 1. The lowest BCUT2D eigenvalue weighted by molar-refractivity contribution is 0.0457. The molecule has 2 fully saturated rings. The largest absolute Gasteiger partial charge is 0.472 e. The first-order valence-corrected chi connectivity index (χ1v) is 7.72. The van der Waals surface area contributed by atoms with Crippen LogP contribution in [0.3, 0.4) is 0 Å². The minimum atomic E-state index is -0.627. The monoisotopic (exact) mass is 309 g/mol. The SMILES string of the molecule is N#Cc1cc(F)c(OC2CCN(C3CCC3)CC2)nc1Cl. The molecule has 1 saturated heterocycles. The van der Waals surface area contributed by atoms with Crippen molar-refractivity contribution in [2.24, 2.45) is 0 Å². The highest BCUT2D eigenvalue weighted by atomic mass is 35.5. The van der Waals surface area contributed by atoms with Crippen LogP contribution in [0.15, 0.2) is 6.07 Å². The molecule has 3 rings (SSSR count). The first kappa shape index (κ1) is 14.6. The number of pyridine rings is 1. The van der Waals surface area contributed by atoms with E-state index in [9.17, 15) is 4.39 Å². The summed E-state index contributed by atoms with van der Waals surface area (Å²) >= 11 is 5.82. The molecule has 0 spiro atoms. The number of rotatable bonds is 3. The average molecular weight is 310 g/mol. The highest BCUT2D eigenvalue weighted by Gasteiger charge is 2.29. The summed E-state index contributed by atoms with van der Waals surface area (Å²) in [5, 5.41) is 8.76.